The van der Waals surface area contributed by atoms with Gasteiger partial charge in [-0.2, -0.15) is 0 Å². The maximum Gasteiger partial charge on any atom is 0.252 e. The Morgan fingerprint density at radius 1 is 0.352 bits per heavy atom. The lowest BCUT2D eigenvalue weighted by molar-refractivity contribution is 0.420. The van der Waals surface area contributed by atoms with Gasteiger partial charge in [-0.3, -0.25) is 0 Å². The molecule has 0 N–H and O–H groups in total. The van der Waals surface area contributed by atoms with Crippen molar-refractivity contribution < 1.29 is 0 Å². The lowest BCUT2D eigenvalue weighted by Crippen LogP contribution is -2.61. The van der Waals surface area contributed by atoms with E-state index in [4.69, 9.17) is 0 Å². The van der Waals surface area contributed by atoms with E-state index in [1.807, 2.05) is 0 Å². The minimum atomic E-state index is -0.137. The van der Waals surface area contributed by atoms with E-state index in [1.54, 1.807) is 0 Å². The Labute approximate surface area is 537 Å². The summed E-state index contributed by atoms with van der Waals surface area (Å²) in [5.74, 6) is 1.81. The van der Waals surface area contributed by atoms with Gasteiger partial charge in [0, 0.05) is 61.5 Å². The van der Waals surface area contributed by atoms with Crippen LogP contribution in [0.4, 0.5) is 34.1 Å². The van der Waals surface area contributed by atoms with Crippen LogP contribution in [0, 0.1) is 11.8 Å². The van der Waals surface area contributed by atoms with Crippen LogP contribution in [-0.4, -0.2) is 11.3 Å². The first-order valence-electron chi connectivity index (χ1n) is 33.1. The molecule has 0 spiro atoms. The van der Waals surface area contributed by atoms with Crippen molar-refractivity contribution in [3.63, 3.8) is 0 Å². The van der Waals surface area contributed by atoms with Crippen LogP contribution in [0.1, 0.15) is 89.8 Å². The highest BCUT2D eigenvalue weighted by Crippen LogP contribution is 2.58. The molecule has 91 heavy (non-hydrogen) atoms. The van der Waals surface area contributed by atoms with E-state index in [0.717, 1.165) is 11.6 Å². The summed E-state index contributed by atoms with van der Waals surface area (Å²) in [5, 5.41) is 2.54. The second-order valence-corrected chi connectivity index (χ2v) is 28.4. The Morgan fingerprint density at radius 3 is 1.20 bits per heavy atom. The predicted octanol–water partition coefficient (Wildman–Crippen LogP) is 21.7. The van der Waals surface area contributed by atoms with Crippen molar-refractivity contribution >= 4 is 79.0 Å². The Bertz CT molecular complexity index is 4790. The van der Waals surface area contributed by atoms with Crippen LogP contribution in [0.2, 0.25) is 0 Å². The number of anilines is 6. The fourth-order valence-corrected chi connectivity index (χ4v) is 16.5. The number of nitrogens with zero attached hydrogens (tertiary/aromatic N) is 3. The zero-order valence-corrected chi connectivity index (χ0v) is 53.0. The standard InChI is InChI=1S/C87H74BN3/c1-86(2,3)65-41-44-72-73-45-42-66(87(4,5)6)54-78(73)89(77(72)53-65)67-43-47-76-80(55-67)91(85-70(60-30-18-10-19-31-60)36-23-37-71(85)61-32-20-11-21-33-61)82-52-64(74-49-56-38-39-63(74)48-56)51-81-83(82)88(76)75-46-40-62(57-24-12-7-13-25-57)50-79(75)90(81)84-68(58-26-14-8-15-27-58)34-22-35-69(84)59-28-16-9-17-29-59/h7-37,40-47,50-56,63,74H,38-39,48-49H2,1-6H3/t56-,63+,74?/m0/s1. The van der Waals surface area contributed by atoms with Crippen LogP contribution in [0.25, 0.3) is 83.1 Å². The van der Waals surface area contributed by atoms with Crippen molar-refractivity contribution in [3.05, 3.63) is 290 Å². The maximum atomic E-state index is 2.77. The molecule has 0 radical (unpaired) electrons. The smallest absolute Gasteiger partial charge is 0.252 e. The zero-order valence-electron chi connectivity index (χ0n) is 53.0. The van der Waals surface area contributed by atoms with Gasteiger partial charge in [0.05, 0.1) is 22.4 Å². The molecule has 3 heterocycles. The fourth-order valence-electron chi connectivity index (χ4n) is 16.5. The van der Waals surface area contributed by atoms with E-state index < -0.39 is 0 Å². The molecule has 4 aliphatic rings. The van der Waals surface area contributed by atoms with E-state index in [9.17, 15) is 0 Å². The second-order valence-electron chi connectivity index (χ2n) is 28.4. The van der Waals surface area contributed by atoms with Crippen molar-refractivity contribution in [1.29, 1.82) is 0 Å². The maximum absolute atomic E-state index is 2.77. The summed E-state index contributed by atoms with van der Waals surface area (Å²) < 4.78 is 2.61. The average molecular weight is 1170 g/mol. The molecule has 13 aromatic rings. The molecule has 440 valence electrons. The number of benzene rings is 12. The Balaban J connectivity index is 1.04. The number of hydrogen-bond acceptors (Lipinski definition) is 2. The third kappa shape index (κ3) is 9.15. The number of hydrogen-bond donors (Lipinski definition) is 0. The van der Waals surface area contributed by atoms with E-state index in [1.165, 1.54) is 170 Å². The van der Waals surface area contributed by atoms with Crippen LogP contribution in [0.3, 0.4) is 0 Å². The minimum Gasteiger partial charge on any atom is -0.310 e. The van der Waals surface area contributed by atoms with Gasteiger partial charge in [0.15, 0.2) is 0 Å². The molecule has 4 heteroatoms. The molecule has 3 atom stereocenters. The molecule has 1 aromatic heterocycles. The molecule has 17 rings (SSSR count). The Morgan fingerprint density at radius 2 is 0.780 bits per heavy atom. The topological polar surface area (TPSA) is 11.4 Å². The molecule has 2 bridgehead atoms. The molecule has 2 aliphatic carbocycles. The van der Waals surface area contributed by atoms with Crippen molar-refractivity contribution in [2.75, 3.05) is 9.80 Å². The molecule has 2 saturated carbocycles. The molecule has 2 fully saturated rings. The molecule has 2 aliphatic heterocycles. The van der Waals surface area contributed by atoms with Gasteiger partial charge >= 0.3 is 0 Å². The normalized spacial score (nSPS) is 16.5. The Hall–Kier alpha value is -9.90. The minimum absolute atomic E-state index is 0.0578. The van der Waals surface area contributed by atoms with Gasteiger partial charge in [0.1, 0.15) is 0 Å². The second kappa shape index (κ2) is 21.4. The van der Waals surface area contributed by atoms with Gasteiger partial charge in [0.2, 0.25) is 0 Å². The van der Waals surface area contributed by atoms with Crippen LogP contribution >= 0.6 is 0 Å². The van der Waals surface area contributed by atoms with Crippen molar-refractivity contribution in [2.45, 2.75) is 84.0 Å². The third-order valence-corrected chi connectivity index (χ3v) is 21.0. The first-order chi connectivity index (χ1) is 44.4. The monoisotopic (exact) mass is 1170 g/mol. The van der Waals surface area contributed by atoms with Gasteiger partial charge in [-0.1, -0.05) is 278 Å². The lowest BCUT2D eigenvalue weighted by Gasteiger charge is -2.46. The summed E-state index contributed by atoms with van der Waals surface area (Å²) >= 11 is 0. The molecular formula is C87H74BN3. The predicted molar refractivity (Wildman–Crippen MR) is 388 cm³/mol. The highest BCUT2D eigenvalue weighted by molar-refractivity contribution is 7.00. The van der Waals surface area contributed by atoms with Crippen molar-refractivity contribution in [1.82, 2.24) is 4.57 Å². The summed E-state index contributed by atoms with van der Waals surface area (Å²) in [4.78, 5) is 5.52. The van der Waals surface area contributed by atoms with E-state index in [2.05, 4.69) is 329 Å². The van der Waals surface area contributed by atoms with E-state index in [-0.39, 0.29) is 17.5 Å². The van der Waals surface area contributed by atoms with Gasteiger partial charge in [-0.15, -0.1) is 0 Å². The van der Waals surface area contributed by atoms with Crippen LogP contribution < -0.4 is 26.2 Å². The molecule has 12 aromatic carbocycles. The lowest BCUT2D eigenvalue weighted by atomic mass is 9.33. The Kier molecular flexibility index (Phi) is 13.0. The van der Waals surface area contributed by atoms with Gasteiger partial charge in [0.25, 0.3) is 6.71 Å². The van der Waals surface area contributed by atoms with Gasteiger partial charge in [-0.05, 0) is 157 Å². The van der Waals surface area contributed by atoms with Crippen LogP contribution in [0.5, 0.6) is 0 Å². The highest BCUT2D eigenvalue weighted by Gasteiger charge is 2.48. The summed E-state index contributed by atoms with van der Waals surface area (Å²) in [6, 6.07) is 105. The number of para-hydroxylation sites is 2. The quantitative estimate of drug-likeness (QED) is 0.133. The SMILES string of the molecule is CC(C)(C)c1ccc2c3ccc(C(C)(C)C)cc3n(-c3ccc4c(c3)N(c3c(-c5ccccc5)cccc3-c3ccccc3)c3cc(C5C[C@H]6CC[C@@H]5C6)cc5c3B4c3ccc(-c4ccccc4)cc3N5c3c(-c4ccccc4)cccc3-c3ccccc3)c2c1. The van der Waals surface area contributed by atoms with Crippen molar-refractivity contribution in [2.24, 2.45) is 11.8 Å². The van der Waals surface area contributed by atoms with Crippen LogP contribution in [0.15, 0.2) is 273 Å². The average Bonchev–Trinajstić information content (AvgIpc) is 0.965. The van der Waals surface area contributed by atoms with Gasteiger partial charge in [-0.25, -0.2) is 0 Å². The summed E-state index contributed by atoms with van der Waals surface area (Å²) in [6.45, 7) is 13.9. The first kappa shape index (κ1) is 55.2. The molecule has 0 saturated heterocycles. The summed E-state index contributed by atoms with van der Waals surface area (Å²) in [7, 11) is 0. The number of rotatable bonds is 9. The van der Waals surface area contributed by atoms with Crippen LogP contribution in [-0.2, 0) is 10.8 Å². The first-order valence-corrected chi connectivity index (χ1v) is 33.1. The number of fused-ring (bicyclic) bond motifs is 9. The summed E-state index contributed by atoms with van der Waals surface area (Å²) in [6.07, 6.45) is 5.13. The molecule has 0 amide bonds. The molecular weight excluding hydrogens is 1100 g/mol. The van der Waals surface area contributed by atoms with E-state index in [0.29, 0.717) is 11.8 Å². The highest BCUT2D eigenvalue weighted by atomic mass is 15.2. The zero-order chi connectivity index (χ0) is 61.3. The fraction of sp³-hybridized carbons (Fsp3) is 0.172. The molecule has 1 unspecified atom stereocenters. The largest absolute Gasteiger partial charge is 0.310 e. The van der Waals surface area contributed by atoms with E-state index >= 15 is 0 Å². The third-order valence-electron chi connectivity index (χ3n) is 21.0. The van der Waals surface area contributed by atoms with Gasteiger partial charge < -0.3 is 14.4 Å². The van der Waals surface area contributed by atoms with Crippen molar-refractivity contribution in [3.8, 4) is 61.3 Å². The summed E-state index contributed by atoms with van der Waals surface area (Å²) in [5.41, 5.74) is 30.7. The number of aromatic nitrogens is 1. The molecule has 3 nitrogen and oxygen atoms in total.